The molecular weight excluding hydrogens is 242 g/mol. The predicted molar refractivity (Wildman–Crippen MR) is 85.8 cm³/mol. The van der Waals surface area contributed by atoms with E-state index in [0.717, 1.165) is 0 Å². The third-order valence-electron chi connectivity index (χ3n) is 4.17. The highest BCUT2D eigenvalue weighted by Gasteiger charge is 2.42. The lowest BCUT2D eigenvalue weighted by atomic mass is 9.81. The van der Waals surface area contributed by atoms with Gasteiger partial charge in [-0.3, -0.25) is 0 Å². The number of fused-ring (bicyclic) bond motifs is 1. The first-order chi connectivity index (χ1) is 9.60. The third-order valence-corrected chi connectivity index (χ3v) is 4.17. The maximum absolute atomic E-state index is 2.30. The second-order valence-electron chi connectivity index (χ2n) is 5.83. The summed E-state index contributed by atoms with van der Waals surface area (Å²) in [5.41, 5.74) is 5.33. The van der Waals surface area contributed by atoms with Crippen LogP contribution in [0.5, 0.6) is 0 Å². The van der Waals surface area contributed by atoms with Crippen molar-refractivity contribution in [1.82, 2.24) is 0 Å². The summed E-state index contributed by atoms with van der Waals surface area (Å²) in [4.78, 5) is 0. The molecule has 1 aliphatic heterocycles. The van der Waals surface area contributed by atoms with Crippen LogP contribution in [0.2, 0.25) is 0 Å². The highest BCUT2D eigenvalue weighted by Crippen LogP contribution is 2.39. The SMILES string of the molecule is C[N+]1=C(/C=C\c2ccccc2)C(C)(C)c2ccccc21. The summed E-state index contributed by atoms with van der Waals surface area (Å²) in [6.07, 6.45) is 4.44. The quantitative estimate of drug-likeness (QED) is 0.705. The predicted octanol–water partition coefficient (Wildman–Crippen LogP) is 4.41. The van der Waals surface area contributed by atoms with Crippen LogP contribution < -0.4 is 0 Å². The Kier molecular flexibility index (Phi) is 3.06. The fraction of sp³-hybridized carbons (Fsp3) is 0.211. The lowest BCUT2D eigenvalue weighted by molar-refractivity contribution is -0.401. The van der Waals surface area contributed by atoms with Gasteiger partial charge in [0.2, 0.25) is 5.69 Å². The number of para-hydroxylation sites is 1. The lowest BCUT2D eigenvalue weighted by Crippen LogP contribution is -2.26. The van der Waals surface area contributed by atoms with Crippen molar-refractivity contribution in [3.05, 3.63) is 71.8 Å². The summed E-state index contributed by atoms with van der Waals surface area (Å²) in [6.45, 7) is 4.58. The first-order valence-electron chi connectivity index (χ1n) is 7.04. The molecule has 1 heterocycles. The minimum atomic E-state index is 0.0522. The molecule has 0 bridgehead atoms. The van der Waals surface area contributed by atoms with Gasteiger partial charge < -0.3 is 0 Å². The number of benzene rings is 2. The minimum Gasteiger partial charge on any atom is -0.198 e. The molecular formula is C19H20N+. The Hall–Kier alpha value is -2.15. The van der Waals surface area contributed by atoms with Crippen LogP contribution >= 0.6 is 0 Å². The number of hydrogen-bond acceptors (Lipinski definition) is 0. The van der Waals surface area contributed by atoms with Crippen molar-refractivity contribution in [3.63, 3.8) is 0 Å². The number of allylic oxidation sites excluding steroid dienone is 1. The molecule has 3 rings (SSSR count). The second-order valence-corrected chi connectivity index (χ2v) is 5.83. The fourth-order valence-electron chi connectivity index (χ4n) is 3.04. The van der Waals surface area contributed by atoms with Crippen LogP contribution in [0.1, 0.15) is 25.0 Å². The molecule has 1 aliphatic rings. The van der Waals surface area contributed by atoms with E-state index in [9.17, 15) is 0 Å². The molecule has 0 spiro atoms. The van der Waals surface area contributed by atoms with E-state index in [4.69, 9.17) is 0 Å². The Morgan fingerprint density at radius 1 is 0.850 bits per heavy atom. The molecule has 1 heteroatoms. The maximum atomic E-state index is 2.30. The van der Waals surface area contributed by atoms with Crippen molar-refractivity contribution in [2.75, 3.05) is 7.05 Å². The van der Waals surface area contributed by atoms with Crippen LogP contribution in [-0.2, 0) is 5.41 Å². The summed E-state index contributed by atoms with van der Waals surface area (Å²) < 4.78 is 2.30. The molecule has 1 nitrogen and oxygen atoms in total. The van der Waals surface area contributed by atoms with Gasteiger partial charge in [-0.15, -0.1) is 0 Å². The van der Waals surface area contributed by atoms with Crippen molar-refractivity contribution < 1.29 is 4.58 Å². The zero-order valence-corrected chi connectivity index (χ0v) is 12.3. The Balaban J connectivity index is 2.03. The number of rotatable bonds is 2. The third kappa shape index (κ3) is 2.00. The van der Waals surface area contributed by atoms with Gasteiger partial charge in [-0.05, 0) is 25.5 Å². The Labute approximate surface area is 120 Å². The van der Waals surface area contributed by atoms with Crippen LogP contribution in [0.25, 0.3) is 6.08 Å². The van der Waals surface area contributed by atoms with Crippen molar-refractivity contribution in [1.29, 1.82) is 0 Å². The number of nitrogens with zero attached hydrogens (tertiary/aromatic N) is 1. The molecule has 0 radical (unpaired) electrons. The summed E-state index contributed by atoms with van der Waals surface area (Å²) in [5.74, 6) is 0. The van der Waals surface area contributed by atoms with E-state index in [0.29, 0.717) is 0 Å². The van der Waals surface area contributed by atoms with Gasteiger partial charge in [-0.2, -0.15) is 4.58 Å². The maximum Gasteiger partial charge on any atom is 0.209 e. The highest BCUT2D eigenvalue weighted by atomic mass is 15.0. The number of hydrogen-bond donors (Lipinski definition) is 0. The van der Waals surface area contributed by atoms with Crippen molar-refractivity contribution >= 4 is 17.5 Å². The van der Waals surface area contributed by atoms with E-state index >= 15 is 0 Å². The van der Waals surface area contributed by atoms with Crippen LogP contribution in [-0.4, -0.2) is 17.3 Å². The molecule has 0 amide bonds. The molecule has 0 atom stereocenters. The molecule has 20 heavy (non-hydrogen) atoms. The van der Waals surface area contributed by atoms with E-state index in [1.807, 2.05) is 6.07 Å². The zero-order valence-electron chi connectivity index (χ0n) is 12.3. The van der Waals surface area contributed by atoms with Crippen molar-refractivity contribution in [2.45, 2.75) is 19.3 Å². The van der Waals surface area contributed by atoms with Gasteiger partial charge in [0.1, 0.15) is 7.05 Å². The van der Waals surface area contributed by atoms with Gasteiger partial charge in [0, 0.05) is 17.7 Å². The molecule has 100 valence electrons. The first-order valence-corrected chi connectivity index (χ1v) is 7.04. The molecule has 0 aliphatic carbocycles. The Bertz CT molecular complexity index is 691. The molecule has 2 aromatic rings. The van der Waals surface area contributed by atoms with Crippen molar-refractivity contribution in [3.8, 4) is 0 Å². The highest BCUT2D eigenvalue weighted by molar-refractivity contribution is 6.05. The Morgan fingerprint density at radius 2 is 1.50 bits per heavy atom. The molecule has 0 saturated heterocycles. The molecule has 0 unspecified atom stereocenters. The van der Waals surface area contributed by atoms with Crippen molar-refractivity contribution in [2.24, 2.45) is 0 Å². The van der Waals surface area contributed by atoms with E-state index in [1.54, 1.807) is 0 Å². The van der Waals surface area contributed by atoms with Gasteiger partial charge >= 0.3 is 0 Å². The molecule has 2 aromatic carbocycles. The average molecular weight is 262 g/mol. The van der Waals surface area contributed by atoms with Crippen LogP contribution in [0.4, 0.5) is 5.69 Å². The monoisotopic (exact) mass is 262 g/mol. The van der Waals surface area contributed by atoms with E-state index in [-0.39, 0.29) is 5.41 Å². The Morgan fingerprint density at radius 3 is 2.20 bits per heavy atom. The standard InChI is InChI=1S/C19H20N/c1-19(2)16-11-7-8-12-17(16)20(3)18(19)14-13-15-9-5-4-6-10-15/h4-14H,1-3H3/q+1/b14-13-. The molecule has 0 fully saturated rings. The second kappa shape index (κ2) is 4.75. The topological polar surface area (TPSA) is 3.01 Å². The lowest BCUT2D eigenvalue weighted by Gasteiger charge is -2.15. The summed E-state index contributed by atoms with van der Waals surface area (Å²) in [6, 6.07) is 19.1. The summed E-state index contributed by atoms with van der Waals surface area (Å²) >= 11 is 0. The van der Waals surface area contributed by atoms with E-state index < -0.39 is 0 Å². The minimum absolute atomic E-state index is 0.0522. The normalized spacial score (nSPS) is 16.8. The van der Waals surface area contributed by atoms with Gasteiger partial charge in [0.15, 0.2) is 5.71 Å². The zero-order chi connectivity index (χ0) is 14.2. The van der Waals surface area contributed by atoms with Crippen LogP contribution in [0.3, 0.4) is 0 Å². The fourth-order valence-corrected chi connectivity index (χ4v) is 3.04. The van der Waals surface area contributed by atoms with Gasteiger partial charge in [-0.1, -0.05) is 48.5 Å². The smallest absolute Gasteiger partial charge is 0.198 e. The summed E-state index contributed by atoms with van der Waals surface area (Å²) in [5, 5.41) is 0. The van der Waals surface area contributed by atoms with Gasteiger partial charge in [-0.25, -0.2) is 0 Å². The van der Waals surface area contributed by atoms with Crippen LogP contribution in [0.15, 0.2) is 60.7 Å². The van der Waals surface area contributed by atoms with Gasteiger partial charge in [0.25, 0.3) is 0 Å². The molecule has 0 N–H and O–H groups in total. The average Bonchev–Trinajstić information content (AvgIpc) is 2.66. The molecule has 0 aromatic heterocycles. The molecule has 0 saturated carbocycles. The largest absolute Gasteiger partial charge is 0.209 e. The summed E-state index contributed by atoms with van der Waals surface area (Å²) in [7, 11) is 2.15. The van der Waals surface area contributed by atoms with Crippen LogP contribution in [0, 0.1) is 0 Å². The van der Waals surface area contributed by atoms with Gasteiger partial charge in [0.05, 0.1) is 5.41 Å². The van der Waals surface area contributed by atoms with E-state index in [2.05, 4.69) is 86.2 Å². The van der Waals surface area contributed by atoms with E-state index in [1.165, 1.54) is 22.5 Å². The first kappa shape index (κ1) is 12.9.